The third-order valence-corrected chi connectivity index (χ3v) is 4.03. The molecule has 1 heterocycles. The normalized spacial score (nSPS) is 28.8. The first-order valence-corrected chi connectivity index (χ1v) is 7.09. The quantitative estimate of drug-likeness (QED) is 0.702. The van der Waals surface area contributed by atoms with Crippen molar-refractivity contribution in [3.8, 4) is 0 Å². The second-order valence-electron chi connectivity index (χ2n) is 5.61. The molecule has 2 atom stereocenters. The molecule has 0 bridgehead atoms. The highest BCUT2D eigenvalue weighted by Gasteiger charge is 2.36. The van der Waals surface area contributed by atoms with Crippen LogP contribution in [0.1, 0.15) is 59.3 Å². The van der Waals surface area contributed by atoms with Crippen LogP contribution in [0.25, 0.3) is 0 Å². The maximum atomic E-state index is 10.2. The molecule has 4 nitrogen and oxygen atoms in total. The monoisotopic (exact) mass is 260 g/mol. The molecule has 0 spiro atoms. The number of rotatable bonds is 8. The van der Waals surface area contributed by atoms with Gasteiger partial charge in [0.25, 0.3) is 0 Å². The van der Waals surface area contributed by atoms with Gasteiger partial charge in [-0.3, -0.25) is 0 Å². The predicted molar refractivity (Wildman–Crippen MR) is 70.3 cm³/mol. The van der Waals surface area contributed by atoms with Crippen molar-refractivity contribution in [3.05, 3.63) is 0 Å². The largest absolute Gasteiger partial charge is 0.396 e. The molecule has 1 aliphatic heterocycles. The molecule has 1 aliphatic rings. The number of aliphatic hydroxyl groups excluding tert-OH is 1. The molecule has 0 amide bonds. The van der Waals surface area contributed by atoms with Gasteiger partial charge in [0, 0.05) is 13.0 Å². The van der Waals surface area contributed by atoms with Crippen molar-refractivity contribution in [2.24, 2.45) is 0 Å². The topological polar surface area (TPSA) is 58.9 Å². The molecule has 0 aliphatic carbocycles. The summed E-state index contributed by atoms with van der Waals surface area (Å²) >= 11 is 0. The Morgan fingerprint density at radius 1 is 1.33 bits per heavy atom. The molecular formula is C14H28O4. The SMILES string of the molecule is CCC(O)(CC)CCCC1OCC(C)(CCO)O1. The van der Waals surface area contributed by atoms with E-state index in [9.17, 15) is 5.11 Å². The van der Waals surface area contributed by atoms with E-state index in [2.05, 4.69) is 0 Å². The van der Waals surface area contributed by atoms with Gasteiger partial charge in [-0.25, -0.2) is 0 Å². The van der Waals surface area contributed by atoms with E-state index in [0.29, 0.717) is 13.0 Å². The van der Waals surface area contributed by atoms with E-state index in [1.807, 2.05) is 20.8 Å². The summed E-state index contributed by atoms with van der Waals surface area (Å²) in [5.41, 5.74) is -0.877. The zero-order valence-corrected chi connectivity index (χ0v) is 11.9. The van der Waals surface area contributed by atoms with Gasteiger partial charge in [0.2, 0.25) is 0 Å². The van der Waals surface area contributed by atoms with Crippen LogP contribution >= 0.6 is 0 Å². The van der Waals surface area contributed by atoms with E-state index in [1.165, 1.54) is 0 Å². The molecule has 18 heavy (non-hydrogen) atoms. The molecule has 1 fully saturated rings. The van der Waals surface area contributed by atoms with E-state index < -0.39 is 5.60 Å². The van der Waals surface area contributed by atoms with Crippen LogP contribution in [0.15, 0.2) is 0 Å². The maximum Gasteiger partial charge on any atom is 0.158 e. The molecule has 2 unspecified atom stereocenters. The Bertz CT molecular complexity index is 240. The summed E-state index contributed by atoms with van der Waals surface area (Å²) in [6.45, 7) is 6.68. The lowest BCUT2D eigenvalue weighted by atomic mass is 9.91. The number of aliphatic hydroxyl groups is 2. The maximum absolute atomic E-state index is 10.2. The van der Waals surface area contributed by atoms with Crippen molar-refractivity contribution < 1.29 is 19.7 Å². The Labute approximate surface area is 110 Å². The average molecular weight is 260 g/mol. The summed E-state index contributed by atoms with van der Waals surface area (Å²) in [5.74, 6) is 0. The third-order valence-electron chi connectivity index (χ3n) is 4.03. The van der Waals surface area contributed by atoms with E-state index in [1.54, 1.807) is 0 Å². The van der Waals surface area contributed by atoms with E-state index in [4.69, 9.17) is 14.6 Å². The highest BCUT2D eigenvalue weighted by atomic mass is 16.7. The molecule has 0 aromatic rings. The molecule has 0 aromatic carbocycles. The minimum absolute atomic E-state index is 0.123. The molecule has 2 N–H and O–H groups in total. The first-order chi connectivity index (χ1) is 8.47. The number of ether oxygens (including phenoxy) is 2. The van der Waals surface area contributed by atoms with E-state index in [0.717, 1.165) is 32.1 Å². The lowest BCUT2D eigenvalue weighted by molar-refractivity contribution is -0.0956. The fraction of sp³-hybridized carbons (Fsp3) is 1.00. The standard InChI is InChI=1S/C14H28O4/c1-4-14(16,5-2)8-6-7-12-17-11-13(3,18-12)9-10-15/h12,15-16H,4-11H2,1-3H3. The minimum atomic E-state index is -0.535. The second kappa shape index (κ2) is 6.85. The van der Waals surface area contributed by atoms with Gasteiger partial charge in [-0.1, -0.05) is 13.8 Å². The van der Waals surface area contributed by atoms with Gasteiger partial charge in [-0.05, 0) is 39.0 Å². The van der Waals surface area contributed by atoms with Crippen LogP contribution in [-0.4, -0.2) is 40.9 Å². The summed E-state index contributed by atoms with van der Waals surface area (Å²) in [5, 5.41) is 19.1. The van der Waals surface area contributed by atoms with Crippen LogP contribution in [0, 0.1) is 0 Å². The molecule has 4 heteroatoms. The van der Waals surface area contributed by atoms with Crippen LogP contribution in [0.5, 0.6) is 0 Å². The fourth-order valence-corrected chi connectivity index (χ4v) is 2.37. The lowest BCUT2D eigenvalue weighted by Gasteiger charge is -2.26. The summed E-state index contributed by atoms with van der Waals surface area (Å²) < 4.78 is 11.4. The van der Waals surface area contributed by atoms with Crippen LogP contribution in [0.3, 0.4) is 0 Å². The van der Waals surface area contributed by atoms with Crippen molar-refractivity contribution >= 4 is 0 Å². The summed E-state index contributed by atoms with van der Waals surface area (Å²) in [7, 11) is 0. The van der Waals surface area contributed by atoms with Gasteiger partial charge in [-0.2, -0.15) is 0 Å². The molecular weight excluding hydrogens is 232 g/mol. The van der Waals surface area contributed by atoms with Crippen molar-refractivity contribution in [2.75, 3.05) is 13.2 Å². The zero-order chi connectivity index (χ0) is 13.6. The first-order valence-electron chi connectivity index (χ1n) is 7.09. The van der Waals surface area contributed by atoms with E-state index in [-0.39, 0.29) is 18.5 Å². The summed E-state index contributed by atoms with van der Waals surface area (Å²) in [6.07, 6.45) is 4.51. The van der Waals surface area contributed by atoms with E-state index >= 15 is 0 Å². The third kappa shape index (κ3) is 4.50. The molecule has 0 radical (unpaired) electrons. The highest BCUT2D eigenvalue weighted by molar-refractivity contribution is 4.81. The number of hydrogen-bond donors (Lipinski definition) is 2. The molecule has 1 rings (SSSR count). The Morgan fingerprint density at radius 3 is 2.56 bits per heavy atom. The Kier molecular flexibility index (Phi) is 6.05. The Morgan fingerprint density at radius 2 is 2.00 bits per heavy atom. The summed E-state index contributed by atoms with van der Waals surface area (Å²) in [4.78, 5) is 0. The zero-order valence-electron chi connectivity index (χ0n) is 11.9. The smallest absolute Gasteiger partial charge is 0.158 e. The predicted octanol–water partition coefficient (Wildman–Crippen LogP) is 2.22. The van der Waals surface area contributed by atoms with Gasteiger partial charge in [0.05, 0.1) is 17.8 Å². The fourth-order valence-electron chi connectivity index (χ4n) is 2.37. The van der Waals surface area contributed by atoms with Crippen LogP contribution < -0.4 is 0 Å². The van der Waals surface area contributed by atoms with Crippen LogP contribution in [0.4, 0.5) is 0 Å². The van der Waals surface area contributed by atoms with Crippen LogP contribution in [-0.2, 0) is 9.47 Å². The van der Waals surface area contributed by atoms with Gasteiger partial charge in [-0.15, -0.1) is 0 Å². The molecule has 0 saturated carbocycles. The lowest BCUT2D eigenvalue weighted by Crippen LogP contribution is -2.29. The van der Waals surface area contributed by atoms with Gasteiger partial charge >= 0.3 is 0 Å². The van der Waals surface area contributed by atoms with Crippen molar-refractivity contribution in [1.29, 1.82) is 0 Å². The Hall–Kier alpha value is -0.160. The van der Waals surface area contributed by atoms with Gasteiger partial charge in [0.1, 0.15) is 0 Å². The Balaban J connectivity index is 2.26. The highest BCUT2D eigenvalue weighted by Crippen LogP contribution is 2.30. The van der Waals surface area contributed by atoms with Gasteiger partial charge in [0.15, 0.2) is 6.29 Å². The molecule has 108 valence electrons. The second-order valence-corrected chi connectivity index (χ2v) is 5.61. The van der Waals surface area contributed by atoms with Crippen molar-refractivity contribution in [3.63, 3.8) is 0 Å². The van der Waals surface area contributed by atoms with Crippen molar-refractivity contribution in [1.82, 2.24) is 0 Å². The summed E-state index contributed by atoms with van der Waals surface area (Å²) in [6, 6.07) is 0. The molecule has 1 saturated heterocycles. The first kappa shape index (κ1) is 15.9. The van der Waals surface area contributed by atoms with Crippen molar-refractivity contribution in [2.45, 2.75) is 76.8 Å². The molecule has 0 aromatic heterocycles. The number of hydrogen-bond acceptors (Lipinski definition) is 4. The van der Waals surface area contributed by atoms with Gasteiger partial charge < -0.3 is 19.7 Å². The minimum Gasteiger partial charge on any atom is -0.396 e. The average Bonchev–Trinajstić information content (AvgIpc) is 2.71. The van der Waals surface area contributed by atoms with Crippen LogP contribution in [0.2, 0.25) is 0 Å².